The lowest BCUT2D eigenvalue weighted by Gasteiger charge is -2.14. The molecule has 0 radical (unpaired) electrons. The molecule has 0 amide bonds. The lowest BCUT2D eigenvalue weighted by Crippen LogP contribution is -2.20. The van der Waals surface area contributed by atoms with Crippen LogP contribution in [0.3, 0.4) is 0 Å². The average molecular weight is 264 g/mol. The summed E-state index contributed by atoms with van der Waals surface area (Å²) in [5.74, 6) is -0.0250. The Labute approximate surface area is 100 Å². The topological polar surface area (TPSA) is 78.4 Å². The van der Waals surface area contributed by atoms with Gasteiger partial charge in [-0.2, -0.15) is 13.2 Å². The van der Waals surface area contributed by atoms with E-state index in [1.54, 1.807) is 0 Å². The summed E-state index contributed by atoms with van der Waals surface area (Å²) in [6.45, 7) is 0. The molecule has 0 aliphatic heterocycles. The van der Waals surface area contributed by atoms with Crippen molar-refractivity contribution < 1.29 is 22.8 Å². The number of benzene rings is 1. The van der Waals surface area contributed by atoms with Gasteiger partial charge in [0.2, 0.25) is 0 Å². The molecule has 0 aromatic heterocycles. The third kappa shape index (κ3) is 3.59. The van der Waals surface area contributed by atoms with Gasteiger partial charge in [-0.1, -0.05) is 6.07 Å². The van der Waals surface area contributed by atoms with Crippen molar-refractivity contribution in [3.8, 4) is 5.75 Å². The number of halogens is 3. The van der Waals surface area contributed by atoms with E-state index in [1.807, 2.05) is 0 Å². The molecule has 0 aliphatic carbocycles. The first-order valence-electron chi connectivity index (χ1n) is 4.89. The fraction of sp³-hybridized carbons (Fsp3) is 0.400. The van der Waals surface area contributed by atoms with Crippen LogP contribution in [0.25, 0.3) is 0 Å². The summed E-state index contributed by atoms with van der Waals surface area (Å²) in [5.41, 5.74) is 4.99. The molecule has 0 spiro atoms. The molecule has 0 bridgehead atoms. The number of hydrogen-bond acceptors (Lipinski definition) is 4. The smallest absolute Gasteiger partial charge is 0.390 e. The van der Waals surface area contributed by atoms with Crippen LogP contribution in [0.15, 0.2) is 18.2 Å². The zero-order valence-corrected chi connectivity index (χ0v) is 9.40. The van der Waals surface area contributed by atoms with Gasteiger partial charge in [-0.15, -0.1) is 0 Å². The maximum absolute atomic E-state index is 12.2. The van der Waals surface area contributed by atoms with E-state index in [4.69, 9.17) is 10.5 Å². The van der Waals surface area contributed by atoms with Crippen LogP contribution in [0, 0.1) is 10.1 Å². The van der Waals surface area contributed by atoms with Crippen molar-refractivity contribution in [2.24, 2.45) is 5.73 Å². The van der Waals surface area contributed by atoms with E-state index in [0.717, 1.165) is 6.07 Å². The molecule has 8 heteroatoms. The Morgan fingerprint density at radius 1 is 1.50 bits per heavy atom. The van der Waals surface area contributed by atoms with E-state index in [0.29, 0.717) is 0 Å². The van der Waals surface area contributed by atoms with Crippen molar-refractivity contribution in [3.63, 3.8) is 0 Å². The minimum atomic E-state index is -4.42. The molecule has 0 unspecified atom stereocenters. The van der Waals surface area contributed by atoms with Gasteiger partial charge >= 0.3 is 11.9 Å². The lowest BCUT2D eigenvalue weighted by molar-refractivity contribution is -0.385. The number of nitrogens with two attached hydrogens (primary N) is 1. The summed E-state index contributed by atoms with van der Waals surface area (Å²) in [7, 11) is 1.23. The van der Waals surface area contributed by atoms with Crippen LogP contribution in [-0.2, 0) is 0 Å². The van der Waals surface area contributed by atoms with Crippen molar-refractivity contribution >= 4 is 5.69 Å². The fourth-order valence-electron chi connectivity index (χ4n) is 1.45. The summed E-state index contributed by atoms with van der Waals surface area (Å²) in [6.07, 6.45) is -5.66. The Morgan fingerprint density at radius 2 is 2.11 bits per heavy atom. The Hall–Kier alpha value is -1.83. The average Bonchev–Trinajstić information content (AvgIpc) is 2.25. The van der Waals surface area contributed by atoms with Gasteiger partial charge in [-0.25, -0.2) is 0 Å². The van der Waals surface area contributed by atoms with Gasteiger partial charge in [0.25, 0.3) is 0 Å². The standard InChI is InChI=1S/C10H11F3N2O3/c1-18-9-3-2-6(4-8(9)15(16)17)7(14)5-10(11,12)13/h2-4,7H,5,14H2,1H3/t7-/m0/s1. The van der Waals surface area contributed by atoms with E-state index < -0.39 is 29.2 Å². The number of alkyl halides is 3. The Balaban J connectivity index is 3.04. The van der Waals surface area contributed by atoms with Gasteiger partial charge in [0.15, 0.2) is 5.75 Å². The maximum Gasteiger partial charge on any atom is 0.390 e. The number of nitro groups is 1. The minimum absolute atomic E-state index is 0.0250. The zero-order chi connectivity index (χ0) is 13.9. The van der Waals surface area contributed by atoms with E-state index in [1.165, 1.54) is 19.2 Å². The maximum atomic E-state index is 12.2. The van der Waals surface area contributed by atoms with Gasteiger partial charge in [0, 0.05) is 12.1 Å². The molecule has 0 heterocycles. The van der Waals surface area contributed by atoms with Crippen molar-refractivity contribution in [1.29, 1.82) is 0 Å². The SMILES string of the molecule is COc1ccc([C@@H](N)CC(F)(F)F)cc1[N+](=O)[O-]. The molecule has 18 heavy (non-hydrogen) atoms. The summed E-state index contributed by atoms with van der Waals surface area (Å²) in [6, 6.07) is 2.16. The quantitative estimate of drug-likeness (QED) is 0.669. The number of ether oxygens (including phenoxy) is 1. The normalized spacial score (nSPS) is 13.2. The molecule has 1 rings (SSSR count). The Bertz CT molecular complexity index is 448. The van der Waals surface area contributed by atoms with E-state index in [2.05, 4.69) is 0 Å². The van der Waals surface area contributed by atoms with Gasteiger partial charge in [-0.3, -0.25) is 10.1 Å². The number of nitro benzene ring substituents is 1. The van der Waals surface area contributed by atoms with Crippen LogP contribution >= 0.6 is 0 Å². The third-order valence-corrected chi connectivity index (χ3v) is 2.28. The second-order valence-corrected chi connectivity index (χ2v) is 3.61. The van der Waals surface area contributed by atoms with E-state index >= 15 is 0 Å². The third-order valence-electron chi connectivity index (χ3n) is 2.28. The van der Waals surface area contributed by atoms with Crippen molar-refractivity contribution in [2.45, 2.75) is 18.6 Å². The fourth-order valence-corrected chi connectivity index (χ4v) is 1.45. The van der Waals surface area contributed by atoms with Crippen LogP contribution < -0.4 is 10.5 Å². The molecule has 2 N–H and O–H groups in total. The highest BCUT2D eigenvalue weighted by atomic mass is 19.4. The summed E-state index contributed by atoms with van der Waals surface area (Å²) < 4.78 is 41.2. The van der Waals surface area contributed by atoms with Gasteiger partial charge in [-0.05, 0) is 11.6 Å². The number of methoxy groups -OCH3 is 1. The first-order chi connectivity index (χ1) is 8.24. The first-order valence-corrected chi connectivity index (χ1v) is 4.89. The van der Waals surface area contributed by atoms with Crippen LogP contribution in [0.2, 0.25) is 0 Å². The molecule has 1 atom stereocenters. The monoisotopic (exact) mass is 264 g/mol. The molecule has 100 valence electrons. The van der Waals surface area contributed by atoms with E-state index in [-0.39, 0.29) is 11.3 Å². The highest BCUT2D eigenvalue weighted by molar-refractivity contribution is 5.49. The van der Waals surface area contributed by atoms with E-state index in [9.17, 15) is 23.3 Å². The molecule has 0 saturated carbocycles. The number of rotatable bonds is 4. The largest absolute Gasteiger partial charge is 0.490 e. The minimum Gasteiger partial charge on any atom is -0.490 e. The molecule has 5 nitrogen and oxygen atoms in total. The zero-order valence-electron chi connectivity index (χ0n) is 9.40. The van der Waals surface area contributed by atoms with Gasteiger partial charge in [0.1, 0.15) is 0 Å². The number of nitrogens with zero attached hydrogens (tertiary/aromatic N) is 1. The van der Waals surface area contributed by atoms with Crippen LogP contribution in [0.1, 0.15) is 18.0 Å². The summed E-state index contributed by atoms with van der Waals surface area (Å²) in [5, 5.41) is 10.7. The second kappa shape index (κ2) is 5.21. The predicted molar refractivity (Wildman–Crippen MR) is 57.2 cm³/mol. The highest BCUT2D eigenvalue weighted by Gasteiger charge is 2.31. The van der Waals surface area contributed by atoms with Crippen LogP contribution in [-0.4, -0.2) is 18.2 Å². The molecular formula is C10H11F3N2O3. The lowest BCUT2D eigenvalue weighted by atomic mass is 10.0. The number of hydrogen-bond donors (Lipinski definition) is 1. The van der Waals surface area contributed by atoms with Crippen LogP contribution in [0.4, 0.5) is 18.9 Å². The summed E-state index contributed by atoms with van der Waals surface area (Å²) in [4.78, 5) is 9.97. The Morgan fingerprint density at radius 3 is 2.56 bits per heavy atom. The predicted octanol–water partition coefficient (Wildman–Crippen LogP) is 2.56. The van der Waals surface area contributed by atoms with Gasteiger partial charge < -0.3 is 10.5 Å². The Kier molecular flexibility index (Phi) is 4.12. The molecule has 1 aromatic carbocycles. The van der Waals surface area contributed by atoms with Crippen molar-refractivity contribution in [2.75, 3.05) is 7.11 Å². The summed E-state index contributed by atoms with van der Waals surface area (Å²) >= 11 is 0. The molecule has 1 aromatic rings. The van der Waals surface area contributed by atoms with Crippen LogP contribution in [0.5, 0.6) is 5.75 Å². The molecule has 0 saturated heterocycles. The van der Waals surface area contributed by atoms with Gasteiger partial charge in [0.05, 0.1) is 18.5 Å². The first kappa shape index (κ1) is 14.2. The molecular weight excluding hydrogens is 253 g/mol. The van der Waals surface area contributed by atoms with Crippen molar-refractivity contribution in [1.82, 2.24) is 0 Å². The molecule has 0 fully saturated rings. The highest BCUT2D eigenvalue weighted by Crippen LogP contribution is 2.33. The second-order valence-electron chi connectivity index (χ2n) is 3.61. The van der Waals surface area contributed by atoms with Crippen molar-refractivity contribution in [3.05, 3.63) is 33.9 Å². The molecule has 0 aliphatic rings.